The number of aryl methyl sites for hydroxylation is 1. The second-order valence-corrected chi connectivity index (χ2v) is 7.91. The number of nitrogens with zero attached hydrogens (tertiary/aromatic N) is 5. The summed E-state index contributed by atoms with van der Waals surface area (Å²) in [6.07, 6.45) is 3.86. The van der Waals surface area contributed by atoms with Crippen LogP contribution in [-0.2, 0) is 6.42 Å². The van der Waals surface area contributed by atoms with E-state index in [0.29, 0.717) is 5.41 Å². The molecule has 1 saturated heterocycles. The van der Waals surface area contributed by atoms with Crippen LogP contribution in [0.15, 0.2) is 29.4 Å². The first-order chi connectivity index (χ1) is 11.9. The summed E-state index contributed by atoms with van der Waals surface area (Å²) in [4.78, 5) is 7.24. The summed E-state index contributed by atoms with van der Waals surface area (Å²) in [5.74, 6) is 2.03. The third-order valence-electron chi connectivity index (χ3n) is 5.68. The van der Waals surface area contributed by atoms with Crippen molar-refractivity contribution in [3.05, 3.63) is 30.2 Å². The van der Waals surface area contributed by atoms with E-state index < -0.39 is 0 Å². The average molecular weight is 342 g/mol. The van der Waals surface area contributed by atoms with Crippen LogP contribution >= 0.6 is 0 Å². The van der Waals surface area contributed by atoms with E-state index in [-0.39, 0.29) is 5.54 Å². The molecule has 1 aliphatic heterocycles. The second kappa shape index (κ2) is 6.65. The molecule has 0 unspecified atom stereocenters. The third-order valence-corrected chi connectivity index (χ3v) is 5.68. The van der Waals surface area contributed by atoms with Gasteiger partial charge in [-0.25, -0.2) is 0 Å². The van der Waals surface area contributed by atoms with E-state index in [1.807, 2.05) is 24.4 Å². The van der Waals surface area contributed by atoms with Crippen molar-refractivity contribution < 1.29 is 0 Å². The Morgan fingerprint density at radius 3 is 2.72 bits per heavy atom. The minimum Gasteiger partial charge on any atom is -0.356 e. The second-order valence-electron chi connectivity index (χ2n) is 7.91. The maximum Gasteiger partial charge on any atom is 0.194 e. The van der Waals surface area contributed by atoms with Gasteiger partial charge < -0.3 is 10.2 Å². The number of hydrogen-bond donors (Lipinski definition) is 1. The fourth-order valence-electron chi connectivity index (χ4n) is 3.28. The number of rotatable bonds is 5. The lowest BCUT2D eigenvalue weighted by Gasteiger charge is -2.62. The summed E-state index contributed by atoms with van der Waals surface area (Å²) < 4.78 is 2.05. The van der Waals surface area contributed by atoms with Gasteiger partial charge in [-0.2, -0.15) is 0 Å². The van der Waals surface area contributed by atoms with E-state index in [1.54, 1.807) is 0 Å². The highest BCUT2D eigenvalue weighted by Gasteiger charge is 2.53. The van der Waals surface area contributed by atoms with Crippen LogP contribution < -0.4 is 5.32 Å². The van der Waals surface area contributed by atoms with Crippen LogP contribution in [0.5, 0.6) is 0 Å². The van der Waals surface area contributed by atoms with Gasteiger partial charge >= 0.3 is 0 Å². The smallest absolute Gasteiger partial charge is 0.194 e. The van der Waals surface area contributed by atoms with E-state index in [1.165, 1.54) is 0 Å². The van der Waals surface area contributed by atoms with Gasteiger partial charge in [-0.1, -0.05) is 19.9 Å². The summed E-state index contributed by atoms with van der Waals surface area (Å²) in [5.41, 5.74) is 1.33. The van der Waals surface area contributed by atoms with Crippen molar-refractivity contribution in [1.29, 1.82) is 0 Å². The lowest BCUT2D eigenvalue weighted by molar-refractivity contribution is -0.0667. The van der Waals surface area contributed by atoms with Crippen molar-refractivity contribution in [1.82, 2.24) is 24.8 Å². The average Bonchev–Trinajstić information content (AvgIpc) is 2.99. The van der Waals surface area contributed by atoms with Gasteiger partial charge in [0.05, 0.1) is 0 Å². The number of aliphatic imine (C=N–C) groups is 1. The standard InChI is InChI=1S/C19H30N6/c1-6-20-17(25-14-18(2,3)19(25,4)5)21-12-9-11-16-23-22-15-10-7-8-13-24(15)16/h7-8,10,13H,6,9,11-12,14H2,1-5H3,(H,20,21). The molecular formula is C19H30N6. The first-order valence-electron chi connectivity index (χ1n) is 9.21. The summed E-state index contributed by atoms with van der Waals surface area (Å²) in [6.45, 7) is 14.1. The number of hydrogen-bond acceptors (Lipinski definition) is 3. The predicted molar refractivity (Wildman–Crippen MR) is 102 cm³/mol. The van der Waals surface area contributed by atoms with Gasteiger partial charge in [0, 0.05) is 43.2 Å². The Labute approximate surface area is 150 Å². The molecule has 6 heteroatoms. The van der Waals surface area contributed by atoms with Crippen molar-refractivity contribution in [3.63, 3.8) is 0 Å². The monoisotopic (exact) mass is 342 g/mol. The number of nitrogens with one attached hydrogen (secondary N) is 1. The minimum absolute atomic E-state index is 0.122. The SMILES string of the molecule is CCNC(=NCCCc1nnc2ccccn12)N1CC(C)(C)C1(C)C. The zero-order valence-electron chi connectivity index (χ0n) is 16.1. The van der Waals surface area contributed by atoms with Gasteiger partial charge in [-0.3, -0.25) is 9.39 Å². The van der Waals surface area contributed by atoms with Crippen LogP contribution in [0.2, 0.25) is 0 Å². The molecule has 1 N–H and O–H groups in total. The Morgan fingerprint density at radius 1 is 1.24 bits per heavy atom. The molecule has 0 amide bonds. The highest BCUT2D eigenvalue weighted by molar-refractivity contribution is 5.82. The first kappa shape index (κ1) is 17.7. The van der Waals surface area contributed by atoms with Gasteiger partial charge in [0.2, 0.25) is 0 Å². The predicted octanol–water partition coefficient (Wildman–Crippen LogP) is 2.75. The minimum atomic E-state index is 0.122. The normalized spacial score (nSPS) is 19.1. The number of fused-ring (bicyclic) bond motifs is 1. The first-order valence-corrected chi connectivity index (χ1v) is 9.21. The zero-order chi connectivity index (χ0) is 18.1. The maximum atomic E-state index is 4.85. The van der Waals surface area contributed by atoms with Crippen LogP contribution in [0.25, 0.3) is 5.65 Å². The third kappa shape index (κ3) is 3.22. The number of aromatic nitrogens is 3. The summed E-state index contributed by atoms with van der Waals surface area (Å²) in [5, 5.41) is 11.9. The molecule has 2 aromatic rings. The fraction of sp³-hybridized carbons (Fsp3) is 0.632. The molecule has 0 spiro atoms. The molecule has 0 bridgehead atoms. The zero-order valence-corrected chi connectivity index (χ0v) is 16.1. The van der Waals surface area contributed by atoms with Crippen molar-refractivity contribution >= 4 is 11.6 Å². The Balaban J connectivity index is 1.61. The van der Waals surface area contributed by atoms with Crippen LogP contribution in [0.1, 0.15) is 46.9 Å². The molecule has 0 saturated carbocycles. The quantitative estimate of drug-likeness (QED) is 0.516. The van der Waals surface area contributed by atoms with Crippen molar-refractivity contribution in [2.45, 2.75) is 53.0 Å². The van der Waals surface area contributed by atoms with E-state index >= 15 is 0 Å². The lowest BCUT2D eigenvalue weighted by atomic mass is 9.65. The fourth-order valence-corrected chi connectivity index (χ4v) is 3.28. The highest BCUT2D eigenvalue weighted by atomic mass is 15.4. The topological polar surface area (TPSA) is 57.8 Å². The molecule has 0 radical (unpaired) electrons. The Hall–Kier alpha value is -2.11. The Kier molecular flexibility index (Phi) is 4.71. The van der Waals surface area contributed by atoms with E-state index in [2.05, 4.69) is 59.4 Å². The van der Waals surface area contributed by atoms with E-state index in [4.69, 9.17) is 4.99 Å². The molecular weight excluding hydrogens is 312 g/mol. The highest BCUT2D eigenvalue weighted by Crippen LogP contribution is 2.46. The molecule has 136 valence electrons. The summed E-state index contributed by atoms with van der Waals surface area (Å²) in [7, 11) is 0. The van der Waals surface area contributed by atoms with E-state index in [9.17, 15) is 0 Å². The van der Waals surface area contributed by atoms with Gasteiger partial charge in [0.1, 0.15) is 5.82 Å². The van der Waals surface area contributed by atoms with Gasteiger partial charge in [-0.05, 0) is 39.3 Å². The summed E-state index contributed by atoms with van der Waals surface area (Å²) >= 11 is 0. The molecule has 3 heterocycles. The lowest BCUT2D eigenvalue weighted by Crippen LogP contribution is -2.72. The molecule has 0 atom stereocenters. The number of likely N-dealkylation sites (tertiary alicyclic amines) is 1. The maximum absolute atomic E-state index is 4.85. The van der Waals surface area contributed by atoms with Crippen LogP contribution in [0.4, 0.5) is 0 Å². The molecule has 1 aliphatic rings. The molecule has 2 aromatic heterocycles. The summed E-state index contributed by atoms with van der Waals surface area (Å²) in [6, 6.07) is 5.97. The Bertz CT molecular complexity index is 758. The molecule has 0 aliphatic carbocycles. The van der Waals surface area contributed by atoms with E-state index in [0.717, 1.165) is 49.9 Å². The molecule has 0 aromatic carbocycles. The van der Waals surface area contributed by atoms with Crippen molar-refractivity contribution in [2.75, 3.05) is 19.6 Å². The van der Waals surface area contributed by atoms with Crippen molar-refractivity contribution in [3.8, 4) is 0 Å². The molecule has 1 fully saturated rings. The molecule has 3 rings (SSSR count). The molecule has 25 heavy (non-hydrogen) atoms. The Morgan fingerprint density at radius 2 is 2.04 bits per heavy atom. The van der Waals surface area contributed by atoms with Crippen LogP contribution in [0, 0.1) is 5.41 Å². The van der Waals surface area contributed by atoms with Crippen LogP contribution in [0.3, 0.4) is 0 Å². The van der Waals surface area contributed by atoms with Gasteiger partial charge in [0.15, 0.2) is 11.6 Å². The van der Waals surface area contributed by atoms with Crippen molar-refractivity contribution in [2.24, 2.45) is 10.4 Å². The van der Waals surface area contributed by atoms with Crippen LogP contribution in [-0.4, -0.2) is 50.6 Å². The largest absolute Gasteiger partial charge is 0.356 e. The van der Waals surface area contributed by atoms with Gasteiger partial charge in [-0.15, -0.1) is 10.2 Å². The van der Waals surface area contributed by atoms with Gasteiger partial charge in [0.25, 0.3) is 0 Å². The molecule has 6 nitrogen and oxygen atoms in total. The number of pyridine rings is 1. The number of guanidine groups is 1.